The minimum atomic E-state index is 0.460. The lowest BCUT2D eigenvalue weighted by Gasteiger charge is -2.13. The molecule has 15 heavy (non-hydrogen) atoms. The molecule has 1 unspecified atom stereocenters. The lowest BCUT2D eigenvalue weighted by molar-refractivity contribution is 0.517. The summed E-state index contributed by atoms with van der Waals surface area (Å²) < 4.78 is 2.26. The van der Waals surface area contributed by atoms with Gasteiger partial charge in [0.2, 0.25) is 0 Å². The Kier molecular flexibility index (Phi) is 2.73. The van der Waals surface area contributed by atoms with Gasteiger partial charge in [0.1, 0.15) is 5.65 Å². The molecule has 80 valence electrons. The first-order chi connectivity index (χ1) is 7.22. The average molecular weight is 203 g/mol. The summed E-state index contributed by atoms with van der Waals surface area (Å²) in [7, 11) is 1.99. The van der Waals surface area contributed by atoms with E-state index in [1.807, 2.05) is 19.3 Å². The van der Waals surface area contributed by atoms with Gasteiger partial charge in [0.25, 0.3) is 0 Å². The predicted octanol–water partition coefficient (Wildman–Crippen LogP) is 1.95. The van der Waals surface area contributed by atoms with Crippen molar-refractivity contribution in [1.82, 2.24) is 14.9 Å². The maximum atomic E-state index is 4.42. The Hall–Kier alpha value is -1.35. The van der Waals surface area contributed by atoms with Crippen LogP contribution < -0.4 is 5.32 Å². The van der Waals surface area contributed by atoms with E-state index in [2.05, 4.69) is 40.8 Å². The number of nitrogens with one attached hydrogen (secondary N) is 1. The van der Waals surface area contributed by atoms with Crippen LogP contribution in [0.2, 0.25) is 0 Å². The van der Waals surface area contributed by atoms with Gasteiger partial charge in [0.05, 0.1) is 0 Å². The monoisotopic (exact) mass is 203 g/mol. The Balaban J connectivity index is 2.45. The molecule has 3 nitrogen and oxygen atoms in total. The van der Waals surface area contributed by atoms with Crippen LogP contribution in [-0.2, 0) is 6.54 Å². The number of nitrogens with zero attached hydrogens (tertiary/aromatic N) is 2. The van der Waals surface area contributed by atoms with Gasteiger partial charge in [-0.2, -0.15) is 0 Å². The number of pyridine rings is 1. The van der Waals surface area contributed by atoms with Crippen molar-refractivity contribution in [3.63, 3.8) is 0 Å². The molecule has 0 spiro atoms. The zero-order chi connectivity index (χ0) is 10.8. The van der Waals surface area contributed by atoms with Crippen LogP contribution in [0.5, 0.6) is 0 Å². The van der Waals surface area contributed by atoms with Crippen molar-refractivity contribution in [2.75, 3.05) is 7.05 Å². The highest BCUT2D eigenvalue weighted by molar-refractivity contribution is 5.77. The SMILES string of the molecule is CNC(C)Cn1c(C)cc2cccnc21. The molecule has 0 amide bonds. The fraction of sp³-hybridized carbons (Fsp3) is 0.417. The molecule has 2 aromatic rings. The largest absolute Gasteiger partial charge is 0.328 e. The Labute approximate surface area is 90.1 Å². The molecule has 0 bridgehead atoms. The third kappa shape index (κ3) is 1.88. The molecule has 0 aliphatic heterocycles. The fourth-order valence-electron chi connectivity index (χ4n) is 1.81. The average Bonchev–Trinajstić information content (AvgIpc) is 2.55. The van der Waals surface area contributed by atoms with Gasteiger partial charge in [-0.25, -0.2) is 4.98 Å². The molecule has 0 aromatic carbocycles. The van der Waals surface area contributed by atoms with Crippen molar-refractivity contribution in [2.24, 2.45) is 0 Å². The summed E-state index contributed by atoms with van der Waals surface area (Å²) in [5, 5.41) is 4.47. The quantitative estimate of drug-likeness (QED) is 0.826. The van der Waals surface area contributed by atoms with E-state index in [1.165, 1.54) is 11.1 Å². The summed E-state index contributed by atoms with van der Waals surface area (Å²) >= 11 is 0. The van der Waals surface area contributed by atoms with Gasteiger partial charge in [-0.15, -0.1) is 0 Å². The van der Waals surface area contributed by atoms with Crippen LogP contribution in [-0.4, -0.2) is 22.6 Å². The molecule has 1 N–H and O–H groups in total. The molecule has 0 saturated carbocycles. The number of fused-ring (bicyclic) bond motifs is 1. The number of aromatic nitrogens is 2. The Morgan fingerprint density at radius 2 is 2.33 bits per heavy atom. The maximum Gasteiger partial charge on any atom is 0.140 e. The fourth-order valence-corrected chi connectivity index (χ4v) is 1.81. The van der Waals surface area contributed by atoms with Gasteiger partial charge >= 0.3 is 0 Å². The van der Waals surface area contributed by atoms with E-state index in [4.69, 9.17) is 0 Å². The number of rotatable bonds is 3. The Morgan fingerprint density at radius 1 is 1.53 bits per heavy atom. The van der Waals surface area contributed by atoms with Gasteiger partial charge in [-0.05, 0) is 39.1 Å². The van der Waals surface area contributed by atoms with Crippen molar-refractivity contribution in [3.8, 4) is 0 Å². The minimum absolute atomic E-state index is 0.460. The highest BCUT2D eigenvalue weighted by Gasteiger charge is 2.08. The molecular weight excluding hydrogens is 186 g/mol. The lowest BCUT2D eigenvalue weighted by Crippen LogP contribution is -2.27. The maximum absolute atomic E-state index is 4.42. The molecule has 0 aliphatic carbocycles. The van der Waals surface area contributed by atoms with E-state index in [-0.39, 0.29) is 0 Å². The highest BCUT2D eigenvalue weighted by atomic mass is 15.1. The van der Waals surface area contributed by atoms with E-state index in [0.29, 0.717) is 6.04 Å². The molecule has 0 radical (unpaired) electrons. The van der Waals surface area contributed by atoms with Crippen LogP contribution in [0.25, 0.3) is 11.0 Å². The van der Waals surface area contributed by atoms with Crippen molar-refractivity contribution >= 4 is 11.0 Å². The van der Waals surface area contributed by atoms with Crippen molar-refractivity contribution in [3.05, 3.63) is 30.1 Å². The molecule has 0 saturated heterocycles. The summed E-state index contributed by atoms with van der Waals surface area (Å²) in [5.74, 6) is 0. The summed E-state index contributed by atoms with van der Waals surface area (Å²) in [5.41, 5.74) is 2.35. The third-order valence-electron chi connectivity index (χ3n) is 2.81. The standard InChI is InChI=1S/C12H17N3/c1-9(13-3)8-15-10(2)7-11-5-4-6-14-12(11)15/h4-7,9,13H,8H2,1-3H3. The smallest absolute Gasteiger partial charge is 0.140 e. The molecule has 1 atom stereocenters. The topological polar surface area (TPSA) is 29.9 Å². The molecule has 2 rings (SSSR count). The summed E-state index contributed by atoms with van der Waals surface area (Å²) in [6.07, 6.45) is 1.85. The van der Waals surface area contributed by atoms with Crippen LogP contribution >= 0.6 is 0 Å². The second kappa shape index (κ2) is 4.03. The zero-order valence-electron chi connectivity index (χ0n) is 9.49. The van der Waals surface area contributed by atoms with Crippen molar-refractivity contribution in [1.29, 1.82) is 0 Å². The van der Waals surface area contributed by atoms with E-state index in [9.17, 15) is 0 Å². The van der Waals surface area contributed by atoms with Gasteiger partial charge in [-0.3, -0.25) is 0 Å². The number of hydrogen-bond donors (Lipinski definition) is 1. The highest BCUT2D eigenvalue weighted by Crippen LogP contribution is 2.17. The van der Waals surface area contributed by atoms with Crippen LogP contribution in [0.4, 0.5) is 0 Å². The minimum Gasteiger partial charge on any atom is -0.328 e. The summed E-state index contributed by atoms with van der Waals surface area (Å²) in [6.45, 7) is 5.26. The van der Waals surface area contributed by atoms with Gasteiger partial charge < -0.3 is 9.88 Å². The molecular formula is C12H17N3. The number of likely N-dealkylation sites (N-methyl/N-ethyl adjacent to an activating group) is 1. The zero-order valence-corrected chi connectivity index (χ0v) is 9.49. The first-order valence-electron chi connectivity index (χ1n) is 5.30. The second-order valence-corrected chi connectivity index (χ2v) is 4.00. The number of hydrogen-bond acceptors (Lipinski definition) is 2. The Bertz CT molecular complexity index is 459. The Morgan fingerprint density at radius 3 is 3.07 bits per heavy atom. The summed E-state index contributed by atoms with van der Waals surface area (Å²) in [4.78, 5) is 4.42. The van der Waals surface area contributed by atoms with Crippen LogP contribution in [0.1, 0.15) is 12.6 Å². The molecule has 2 aromatic heterocycles. The number of aryl methyl sites for hydroxylation is 1. The van der Waals surface area contributed by atoms with Crippen LogP contribution in [0.15, 0.2) is 24.4 Å². The molecule has 2 heterocycles. The van der Waals surface area contributed by atoms with Gasteiger partial charge in [0.15, 0.2) is 0 Å². The van der Waals surface area contributed by atoms with Crippen LogP contribution in [0.3, 0.4) is 0 Å². The van der Waals surface area contributed by atoms with E-state index in [0.717, 1.165) is 12.2 Å². The first kappa shape index (κ1) is 10.2. The van der Waals surface area contributed by atoms with Gasteiger partial charge in [-0.1, -0.05) is 0 Å². The molecule has 3 heteroatoms. The van der Waals surface area contributed by atoms with E-state index >= 15 is 0 Å². The van der Waals surface area contributed by atoms with E-state index < -0.39 is 0 Å². The second-order valence-electron chi connectivity index (χ2n) is 4.00. The lowest BCUT2D eigenvalue weighted by atomic mass is 10.3. The first-order valence-corrected chi connectivity index (χ1v) is 5.30. The van der Waals surface area contributed by atoms with Gasteiger partial charge in [0, 0.05) is 29.9 Å². The van der Waals surface area contributed by atoms with Crippen molar-refractivity contribution < 1.29 is 0 Å². The summed E-state index contributed by atoms with van der Waals surface area (Å²) in [6, 6.07) is 6.73. The molecule has 0 aliphatic rings. The van der Waals surface area contributed by atoms with E-state index in [1.54, 1.807) is 0 Å². The molecule has 0 fully saturated rings. The van der Waals surface area contributed by atoms with Crippen molar-refractivity contribution in [2.45, 2.75) is 26.4 Å². The van der Waals surface area contributed by atoms with Crippen LogP contribution in [0, 0.1) is 6.92 Å². The third-order valence-corrected chi connectivity index (χ3v) is 2.81. The predicted molar refractivity (Wildman–Crippen MR) is 63.0 cm³/mol. The normalized spacial score (nSPS) is 13.3.